The third-order valence-electron chi connectivity index (χ3n) is 1.91. The van der Waals surface area contributed by atoms with Crippen LogP contribution in [0.1, 0.15) is 16.7 Å². The van der Waals surface area contributed by atoms with E-state index in [0.717, 1.165) is 6.54 Å². The minimum absolute atomic E-state index is 0.735. The summed E-state index contributed by atoms with van der Waals surface area (Å²) < 4.78 is 0. The zero-order chi connectivity index (χ0) is 8.27. The Balaban J connectivity index is 3.09. The van der Waals surface area contributed by atoms with Crippen molar-refractivity contribution in [3.8, 4) is 0 Å². The summed E-state index contributed by atoms with van der Waals surface area (Å²) in [5, 5.41) is 0. The van der Waals surface area contributed by atoms with Crippen molar-refractivity contribution in [1.82, 2.24) is 0 Å². The molecule has 1 rings (SSSR count). The summed E-state index contributed by atoms with van der Waals surface area (Å²) in [6.45, 7) is 8.43. The molecule has 0 aliphatic heterocycles. The molecule has 1 heteroatoms. The fourth-order valence-electron chi connectivity index (χ4n) is 1.21. The number of hydrogen-bond acceptors (Lipinski definition) is 1. The molecule has 0 radical (unpaired) electrons. The van der Waals surface area contributed by atoms with Gasteiger partial charge in [-0.2, -0.15) is 0 Å². The number of rotatable bonds is 2. The Morgan fingerprint density at radius 2 is 1.82 bits per heavy atom. The van der Waals surface area contributed by atoms with Crippen LogP contribution in [0.4, 0.5) is 0 Å². The Morgan fingerprint density at radius 1 is 1.27 bits per heavy atom. The number of aryl methyl sites for hydroxylation is 2. The fraction of sp³-hybridized carbons (Fsp3) is 0.300. The van der Waals surface area contributed by atoms with Crippen molar-refractivity contribution in [1.29, 1.82) is 0 Å². The molecule has 0 saturated carbocycles. The zero-order valence-electron chi connectivity index (χ0n) is 7.09. The number of benzene rings is 1. The first kappa shape index (κ1) is 7.99. The molecule has 1 nitrogen and oxygen atoms in total. The predicted octanol–water partition coefficient (Wildman–Crippen LogP) is 2.50. The molecule has 0 fully saturated rings. The van der Waals surface area contributed by atoms with E-state index in [4.69, 9.17) is 0 Å². The van der Waals surface area contributed by atoms with E-state index in [1.165, 1.54) is 16.7 Å². The normalized spacial score (nSPS) is 9.64. The highest BCUT2D eigenvalue weighted by molar-refractivity contribution is 5.35. The smallest absolute Gasteiger partial charge is 0.0637 e. The lowest BCUT2D eigenvalue weighted by Crippen LogP contribution is -1.90. The second-order valence-electron chi connectivity index (χ2n) is 2.75. The highest BCUT2D eigenvalue weighted by atomic mass is 14.7. The molecule has 0 amide bonds. The Bertz CT molecular complexity index is 243. The summed E-state index contributed by atoms with van der Waals surface area (Å²) in [4.78, 5) is 3.88. The summed E-state index contributed by atoms with van der Waals surface area (Å²) in [6.07, 6.45) is 0. The van der Waals surface area contributed by atoms with Crippen molar-refractivity contribution in [2.24, 2.45) is 4.99 Å². The first-order valence-corrected chi connectivity index (χ1v) is 3.73. The van der Waals surface area contributed by atoms with Crippen LogP contribution < -0.4 is 0 Å². The summed E-state index contributed by atoms with van der Waals surface area (Å²) in [5.41, 5.74) is 3.91. The van der Waals surface area contributed by atoms with E-state index in [2.05, 4.69) is 43.8 Å². The van der Waals surface area contributed by atoms with Gasteiger partial charge in [-0.05, 0) is 37.3 Å². The van der Waals surface area contributed by atoms with Crippen LogP contribution in [0.2, 0.25) is 0 Å². The van der Waals surface area contributed by atoms with Gasteiger partial charge in [-0.3, -0.25) is 4.99 Å². The molecule has 0 heterocycles. The van der Waals surface area contributed by atoms with E-state index < -0.39 is 0 Å². The van der Waals surface area contributed by atoms with Crippen LogP contribution in [0, 0.1) is 13.8 Å². The van der Waals surface area contributed by atoms with Crippen molar-refractivity contribution in [3.63, 3.8) is 0 Å². The summed E-state index contributed by atoms with van der Waals surface area (Å²) in [7, 11) is 0. The quantitative estimate of drug-likeness (QED) is 0.570. The van der Waals surface area contributed by atoms with E-state index in [1.807, 2.05) is 0 Å². The first-order valence-electron chi connectivity index (χ1n) is 3.73. The second-order valence-corrected chi connectivity index (χ2v) is 2.75. The molecule has 1 aromatic rings. The topological polar surface area (TPSA) is 12.4 Å². The van der Waals surface area contributed by atoms with E-state index in [-0.39, 0.29) is 0 Å². The van der Waals surface area contributed by atoms with Crippen molar-refractivity contribution in [3.05, 3.63) is 34.9 Å². The first-order chi connectivity index (χ1) is 5.25. The molecule has 11 heavy (non-hydrogen) atoms. The Hall–Kier alpha value is -1.11. The lowest BCUT2D eigenvalue weighted by molar-refractivity contribution is 1.04. The lowest BCUT2D eigenvalue weighted by Gasteiger charge is -2.05. The van der Waals surface area contributed by atoms with Crippen molar-refractivity contribution < 1.29 is 0 Å². The molecular weight excluding hydrogens is 134 g/mol. The van der Waals surface area contributed by atoms with Gasteiger partial charge in [0, 0.05) is 0 Å². The van der Waals surface area contributed by atoms with Crippen LogP contribution in [0.25, 0.3) is 0 Å². The van der Waals surface area contributed by atoms with Crippen LogP contribution >= 0.6 is 0 Å². The molecule has 0 aromatic heterocycles. The molecule has 0 aliphatic carbocycles. The Kier molecular flexibility index (Phi) is 2.42. The molecule has 0 bridgehead atoms. The molecule has 58 valence electrons. The van der Waals surface area contributed by atoms with E-state index >= 15 is 0 Å². The van der Waals surface area contributed by atoms with Gasteiger partial charge >= 0.3 is 0 Å². The number of nitrogens with zero attached hydrogens (tertiary/aromatic N) is 1. The minimum atomic E-state index is 0.735. The largest absolute Gasteiger partial charge is 0.296 e. The highest BCUT2D eigenvalue weighted by Gasteiger charge is 1.98. The van der Waals surface area contributed by atoms with Crippen LogP contribution in [0.15, 0.2) is 23.2 Å². The zero-order valence-corrected chi connectivity index (χ0v) is 7.09. The molecule has 0 saturated heterocycles. The SMILES string of the molecule is C=NCc1c(C)cccc1C. The fourth-order valence-corrected chi connectivity index (χ4v) is 1.21. The van der Waals surface area contributed by atoms with Gasteiger partial charge in [0.15, 0.2) is 0 Å². The highest BCUT2D eigenvalue weighted by Crippen LogP contribution is 2.13. The van der Waals surface area contributed by atoms with Gasteiger partial charge < -0.3 is 0 Å². The minimum Gasteiger partial charge on any atom is -0.296 e. The van der Waals surface area contributed by atoms with E-state index in [9.17, 15) is 0 Å². The van der Waals surface area contributed by atoms with Gasteiger partial charge in [0.2, 0.25) is 0 Å². The maximum atomic E-state index is 3.88. The summed E-state index contributed by atoms with van der Waals surface area (Å²) >= 11 is 0. The molecule has 0 spiro atoms. The molecular formula is C10H13N. The molecule has 0 unspecified atom stereocenters. The number of aliphatic imine (C=N–C) groups is 1. The van der Waals surface area contributed by atoms with E-state index in [0.29, 0.717) is 0 Å². The van der Waals surface area contributed by atoms with Gasteiger partial charge in [0.25, 0.3) is 0 Å². The van der Waals surface area contributed by atoms with Crippen molar-refractivity contribution in [2.45, 2.75) is 20.4 Å². The molecule has 0 N–H and O–H groups in total. The standard InChI is InChI=1S/C10H13N/c1-8-5-4-6-9(2)10(8)7-11-3/h4-6H,3,7H2,1-2H3. The van der Waals surface area contributed by atoms with Crippen LogP contribution in [0.3, 0.4) is 0 Å². The Labute approximate surface area is 67.8 Å². The predicted molar refractivity (Wildman–Crippen MR) is 49.2 cm³/mol. The molecule has 1 aromatic carbocycles. The van der Waals surface area contributed by atoms with Gasteiger partial charge in [-0.1, -0.05) is 18.2 Å². The maximum absolute atomic E-state index is 3.88. The van der Waals surface area contributed by atoms with Gasteiger partial charge in [0.05, 0.1) is 6.54 Å². The lowest BCUT2D eigenvalue weighted by atomic mass is 10.0. The van der Waals surface area contributed by atoms with E-state index in [1.54, 1.807) is 0 Å². The second kappa shape index (κ2) is 3.33. The van der Waals surface area contributed by atoms with Crippen molar-refractivity contribution in [2.75, 3.05) is 0 Å². The monoisotopic (exact) mass is 147 g/mol. The van der Waals surface area contributed by atoms with Crippen LogP contribution in [0.5, 0.6) is 0 Å². The molecule has 0 aliphatic rings. The third-order valence-corrected chi connectivity index (χ3v) is 1.91. The van der Waals surface area contributed by atoms with Gasteiger partial charge in [-0.25, -0.2) is 0 Å². The van der Waals surface area contributed by atoms with Gasteiger partial charge in [0.1, 0.15) is 0 Å². The number of hydrogen-bond donors (Lipinski definition) is 0. The Morgan fingerprint density at radius 3 is 2.27 bits per heavy atom. The van der Waals surface area contributed by atoms with Crippen LogP contribution in [-0.4, -0.2) is 6.72 Å². The average Bonchev–Trinajstić information content (AvgIpc) is 1.97. The maximum Gasteiger partial charge on any atom is 0.0637 e. The molecule has 0 atom stereocenters. The summed E-state index contributed by atoms with van der Waals surface area (Å²) in [6, 6.07) is 6.28. The van der Waals surface area contributed by atoms with Gasteiger partial charge in [-0.15, -0.1) is 0 Å². The van der Waals surface area contributed by atoms with Crippen molar-refractivity contribution >= 4 is 6.72 Å². The third kappa shape index (κ3) is 1.67. The van der Waals surface area contributed by atoms with Crippen LogP contribution in [-0.2, 0) is 6.54 Å². The summed E-state index contributed by atoms with van der Waals surface area (Å²) in [5.74, 6) is 0. The average molecular weight is 147 g/mol.